The molecule has 152 valence electrons. The van der Waals surface area contributed by atoms with E-state index in [-0.39, 0.29) is 53.1 Å². The van der Waals surface area contributed by atoms with E-state index in [2.05, 4.69) is 29.5 Å². The summed E-state index contributed by atoms with van der Waals surface area (Å²) in [7, 11) is 1.69. The molecule has 0 aromatic carbocycles. The normalized spacial score (nSPS) is 17.0. The van der Waals surface area contributed by atoms with Gasteiger partial charge < -0.3 is 24.9 Å². The Hall–Kier alpha value is -1.78. The predicted octanol–water partition coefficient (Wildman–Crippen LogP) is 1.53. The minimum Gasteiger partial charge on any atom is -0.459 e. The second-order valence-electron chi connectivity index (χ2n) is 7.23. The van der Waals surface area contributed by atoms with Crippen LogP contribution in [0.1, 0.15) is 38.2 Å². The third-order valence-electron chi connectivity index (χ3n) is 4.29. The highest BCUT2D eigenvalue weighted by molar-refractivity contribution is 14.0. The Kier molecular flexibility index (Phi) is 8.58. The van der Waals surface area contributed by atoms with Crippen molar-refractivity contribution in [2.45, 2.75) is 39.3 Å². The first-order valence-corrected chi connectivity index (χ1v) is 8.85. The minimum absolute atomic E-state index is 0. The molecule has 1 fully saturated rings. The number of halogens is 1. The zero-order valence-corrected chi connectivity index (χ0v) is 18.9. The van der Waals surface area contributed by atoms with Crippen molar-refractivity contribution in [2.75, 3.05) is 33.2 Å². The summed E-state index contributed by atoms with van der Waals surface area (Å²) in [6, 6.07) is 3.44. The molecule has 2 N–H and O–H groups in total. The van der Waals surface area contributed by atoms with Gasteiger partial charge in [-0.05, 0) is 39.8 Å². The first-order valence-electron chi connectivity index (χ1n) is 8.85. The van der Waals surface area contributed by atoms with Crippen LogP contribution in [0.15, 0.2) is 27.8 Å². The van der Waals surface area contributed by atoms with Gasteiger partial charge in [-0.3, -0.25) is 14.6 Å². The molecule has 0 radical (unpaired) electrons. The Balaban J connectivity index is 0.00000364. The number of nitrogens with zero attached hydrogens (tertiary/aromatic N) is 3. The van der Waals surface area contributed by atoms with E-state index in [1.54, 1.807) is 19.2 Å². The van der Waals surface area contributed by atoms with Crippen LogP contribution in [0.2, 0.25) is 0 Å². The molecule has 1 aliphatic rings. The lowest BCUT2D eigenvalue weighted by molar-refractivity contribution is -0.145. The molecule has 1 aromatic heterocycles. The van der Waals surface area contributed by atoms with E-state index in [1.807, 2.05) is 23.6 Å². The van der Waals surface area contributed by atoms with Crippen LogP contribution in [-0.4, -0.2) is 72.4 Å². The zero-order chi connectivity index (χ0) is 19.3. The van der Waals surface area contributed by atoms with Gasteiger partial charge in [0.25, 0.3) is 5.91 Å². The number of guanidine groups is 1. The number of rotatable bonds is 5. The maximum Gasteiger partial charge on any atom is 0.287 e. The van der Waals surface area contributed by atoms with Crippen molar-refractivity contribution in [3.05, 3.63) is 24.2 Å². The number of nitrogens with one attached hydrogen (secondary N) is 2. The monoisotopic (exact) mass is 491 g/mol. The predicted molar refractivity (Wildman–Crippen MR) is 115 cm³/mol. The standard InChI is InChI=1S/C18H29N5O3.HI/c1-13(2)23-15(24)11-22(12-18(23,3)4)17(19-5)21-9-8-20-16(25)14-7-6-10-26-14;/h6-7,10,13H,8-9,11-12H2,1-5H3,(H,19,21)(H,20,25);1H. The van der Waals surface area contributed by atoms with Crippen LogP contribution >= 0.6 is 24.0 Å². The fraction of sp³-hybridized carbons (Fsp3) is 0.611. The summed E-state index contributed by atoms with van der Waals surface area (Å²) in [5, 5.41) is 5.97. The first kappa shape index (κ1) is 23.3. The minimum atomic E-state index is -0.283. The highest BCUT2D eigenvalue weighted by atomic mass is 127. The highest BCUT2D eigenvalue weighted by Crippen LogP contribution is 2.24. The molecular formula is C18H30IN5O3. The SMILES string of the molecule is CN=C(NCCNC(=O)c1ccco1)N1CC(=O)N(C(C)C)C(C)(C)C1.I. The van der Waals surface area contributed by atoms with Crippen molar-refractivity contribution in [3.63, 3.8) is 0 Å². The van der Waals surface area contributed by atoms with Crippen LogP contribution in [0.25, 0.3) is 0 Å². The topological polar surface area (TPSA) is 90.2 Å². The Morgan fingerprint density at radius 2 is 2.00 bits per heavy atom. The number of hydrogen-bond donors (Lipinski definition) is 2. The molecule has 1 aliphatic heterocycles. The fourth-order valence-electron chi connectivity index (χ4n) is 3.49. The summed E-state index contributed by atoms with van der Waals surface area (Å²) in [6.07, 6.45) is 1.46. The van der Waals surface area contributed by atoms with Gasteiger partial charge in [0.2, 0.25) is 5.91 Å². The largest absolute Gasteiger partial charge is 0.459 e. The number of carbonyl (C=O) groups is 2. The summed E-state index contributed by atoms with van der Waals surface area (Å²) in [4.78, 5) is 32.6. The summed E-state index contributed by atoms with van der Waals surface area (Å²) in [5.41, 5.74) is -0.283. The maximum absolute atomic E-state index is 12.6. The number of aliphatic imine (C=N–C) groups is 1. The van der Waals surface area contributed by atoms with Crippen molar-refractivity contribution in [2.24, 2.45) is 4.99 Å². The van der Waals surface area contributed by atoms with Crippen LogP contribution in [0.4, 0.5) is 0 Å². The Bertz CT molecular complexity index is 658. The first-order chi connectivity index (χ1) is 12.3. The van der Waals surface area contributed by atoms with Crippen LogP contribution in [-0.2, 0) is 4.79 Å². The summed E-state index contributed by atoms with van der Waals surface area (Å²) in [5.74, 6) is 0.771. The average Bonchev–Trinajstić information content (AvgIpc) is 3.07. The summed E-state index contributed by atoms with van der Waals surface area (Å²) in [6.45, 7) is 10.1. The van der Waals surface area contributed by atoms with Gasteiger partial charge in [-0.1, -0.05) is 0 Å². The molecule has 9 heteroatoms. The molecule has 0 bridgehead atoms. The lowest BCUT2D eigenvalue weighted by Gasteiger charge is -2.49. The van der Waals surface area contributed by atoms with Gasteiger partial charge in [0.05, 0.1) is 18.3 Å². The quantitative estimate of drug-likeness (QED) is 0.282. The molecule has 0 spiro atoms. The van der Waals surface area contributed by atoms with Gasteiger partial charge in [-0.25, -0.2) is 0 Å². The van der Waals surface area contributed by atoms with E-state index in [1.165, 1.54) is 6.26 Å². The Morgan fingerprint density at radius 3 is 2.52 bits per heavy atom. The number of amides is 2. The van der Waals surface area contributed by atoms with Crippen LogP contribution < -0.4 is 10.6 Å². The highest BCUT2D eigenvalue weighted by Gasteiger charge is 2.40. The number of piperazine rings is 1. The average molecular weight is 491 g/mol. The van der Waals surface area contributed by atoms with E-state index < -0.39 is 0 Å². The molecule has 0 atom stereocenters. The van der Waals surface area contributed by atoms with Gasteiger partial charge in [-0.15, -0.1) is 24.0 Å². The second-order valence-corrected chi connectivity index (χ2v) is 7.23. The number of furan rings is 1. The van der Waals surface area contributed by atoms with Crippen molar-refractivity contribution in [1.82, 2.24) is 20.4 Å². The van der Waals surface area contributed by atoms with Crippen LogP contribution in [0, 0.1) is 0 Å². The zero-order valence-electron chi connectivity index (χ0n) is 16.6. The van der Waals surface area contributed by atoms with Crippen molar-refractivity contribution >= 4 is 41.8 Å². The molecule has 0 unspecified atom stereocenters. The van der Waals surface area contributed by atoms with E-state index >= 15 is 0 Å². The number of carbonyl (C=O) groups excluding carboxylic acids is 2. The number of hydrogen-bond acceptors (Lipinski definition) is 4. The fourth-order valence-corrected chi connectivity index (χ4v) is 3.49. The molecule has 2 amide bonds. The molecule has 2 heterocycles. The molecule has 0 saturated carbocycles. The van der Waals surface area contributed by atoms with Crippen molar-refractivity contribution < 1.29 is 14.0 Å². The molecule has 1 saturated heterocycles. The van der Waals surface area contributed by atoms with Crippen molar-refractivity contribution in [3.8, 4) is 0 Å². The molecule has 8 nitrogen and oxygen atoms in total. The van der Waals surface area contributed by atoms with Crippen LogP contribution in [0.3, 0.4) is 0 Å². The lowest BCUT2D eigenvalue weighted by Crippen LogP contribution is -2.66. The molecule has 0 aliphatic carbocycles. The molecule has 2 rings (SSSR count). The molecular weight excluding hydrogens is 461 g/mol. The lowest BCUT2D eigenvalue weighted by atomic mass is 9.96. The van der Waals surface area contributed by atoms with E-state index in [4.69, 9.17) is 4.42 Å². The van der Waals surface area contributed by atoms with Crippen molar-refractivity contribution in [1.29, 1.82) is 0 Å². The third kappa shape index (κ3) is 5.85. The summed E-state index contributed by atoms with van der Waals surface area (Å²) < 4.78 is 5.05. The Morgan fingerprint density at radius 1 is 1.33 bits per heavy atom. The van der Waals surface area contributed by atoms with Gasteiger partial charge in [0.15, 0.2) is 11.7 Å². The van der Waals surface area contributed by atoms with E-state index in [9.17, 15) is 9.59 Å². The summed E-state index contributed by atoms with van der Waals surface area (Å²) >= 11 is 0. The van der Waals surface area contributed by atoms with Gasteiger partial charge in [0.1, 0.15) is 0 Å². The smallest absolute Gasteiger partial charge is 0.287 e. The second kappa shape index (κ2) is 9.95. The third-order valence-corrected chi connectivity index (χ3v) is 4.29. The van der Waals surface area contributed by atoms with E-state index in [0.29, 0.717) is 32.1 Å². The van der Waals surface area contributed by atoms with Gasteiger partial charge >= 0.3 is 0 Å². The maximum atomic E-state index is 12.6. The Labute approximate surface area is 177 Å². The molecule has 27 heavy (non-hydrogen) atoms. The van der Waals surface area contributed by atoms with Gasteiger partial charge in [0, 0.05) is 32.7 Å². The van der Waals surface area contributed by atoms with E-state index in [0.717, 1.165) is 0 Å². The van der Waals surface area contributed by atoms with Crippen LogP contribution in [0.5, 0.6) is 0 Å². The molecule has 1 aromatic rings. The van der Waals surface area contributed by atoms with Gasteiger partial charge in [-0.2, -0.15) is 0 Å².